The van der Waals surface area contributed by atoms with E-state index in [9.17, 15) is 21.9 Å². The summed E-state index contributed by atoms with van der Waals surface area (Å²) in [7, 11) is -4.10. The fraction of sp³-hybridized carbons (Fsp3) is 0.294. The van der Waals surface area contributed by atoms with E-state index in [1.165, 1.54) is 0 Å². The Bertz CT molecular complexity index is 1020. The van der Waals surface area contributed by atoms with Crippen LogP contribution in [-0.2, 0) is 20.8 Å². The van der Waals surface area contributed by atoms with Crippen LogP contribution in [0.1, 0.15) is 12.0 Å². The molecule has 7 nitrogen and oxygen atoms in total. The Morgan fingerprint density at radius 2 is 2.11 bits per heavy atom. The summed E-state index contributed by atoms with van der Waals surface area (Å²) in [6, 6.07) is 6.95. The molecule has 0 saturated carbocycles. The Balaban J connectivity index is 1.48. The number of anilines is 1. The van der Waals surface area contributed by atoms with Crippen molar-refractivity contribution >= 4 is 27.6 Å². The van der Waals surface area contributed by atoms with Gasteiger partial charge in [0, 0.05) is 25.4 Å². The van der Waals surface area contributed by atoms with Crippen molar-refractivity contribution in [1.29, 1.82) is 0 Å². The average molecular weight is 412 g/mol. The first-order valence-corrected chi connectivity index (χ1v) is 9.87. The standard InChI is InChI=1S/C17H15F3N4O3S/c18-17(19,20)11-3-1-4-13(9-11)28(25,26)23-12-6-8-24(10-12)16-22-15-14(27-16)5-2-7-21-15/h1-5,7,9,12H,6,8,10H2,(H-,23,25,26). The predicted octanol–water partition coefficient (Wildman–Crippen LogP) is 3.01. The van der Waals surface area contributed by atoms with Gasteiger partial charge in [-0.25, -0.2) is 4.98 Å². The van der Waals surface area contributed by atoms with Crippen molar-refractivity contribution in [2.75, 3.05) is 18.0 Å². The van der Waals surface area contributed by atoms with Gasteiger partial charge in [0.25, 0.3) is 6.01 Å². The maximum Gasteiger partial charge on any atom is 0.416 e. The minimum atomic E-state index is -4.61. The number of nitrogens with one attached hydrogen (secondary N) is 1. The highest BCUT2D eigenvalue weighted by Crippen LogP contribution is 2.31. The number of rotatable bonds is 4. The van der Waals surface area contributed by atoms with Crippen LogP contribution in [-0.4, -0.2) is 33.7 Å². The van der Waals surface area contributed by atoms with Crippen LogP contribution in [0.15, 0.2) is 51.9 Å². The summed E-state index contributed by atoms with van der Waals surface area (Å²) < 4.78 is 71.6. The van der Waals surface area contributed by atoms with E-state index in [0.717, 1.165) is 18.2 Å². The van der Waals surface area contributed by atoms with Crippen LogP contribution in [0.25, 0.3) is 11.2 Å². The van der Waals surface area contributed by atoms with Crippen LogP contribution >= 0.6 is 0 Å². The maximum atomic E-state index is 12.8. The van der Waals surface area contributed by atoms with Crippen LogP contribution in [0.5, 0.6) is 0 Å². The molecular weight excluding hydrogens is 397 g/mol. The minimum Gasteiger partial charge on any atom is -0.593 e. The first kappa shape index (κ1) is 18.8. The summed E-state index contributed by atoms with van der Waals surface area (Å²) in [5.41, 5.74) is -0.0432. The lowest BCUT2D eigenvalue weighted by molar-refractivity contribution is -0.137. The van der Waals surface area contributed by atoms with E-state index in [1.54, 1.807) is 23.2 Å². The van der Waals surface area contributed by atoms with Gasteiger partial charge in [-0.15, -0.1) is 4.72 Å². The highest BCUT2D eigenvalue weighted by molar-refractivity contribution is 7.95. The third-order valence-corrected chi connectivity index (χ3v) is 5.92. The number of sulfonamides is 1. The van der Waals surface area contributed by atoms with E-state index in [4.69, 9.17) is 4.42 Å². The van der Waals surface area contributed by atoms with Gasteiger partial charge in [-0.3, -0.25) is 0 Å². The van der Waals surface area contributed by atoms with Crippen LogP contribution in [0.2, 0.25) is 0 Å². The van der Waals surface area contributed by atoms with Crippen LogP contribution in [0, 0.1) is 0 Å². The number of benzene rings is 1. The molecule has 0 aliphatic carbocycles. The fourth-order valence-electron chi connectivity index (χ4n) is 3.05. The molecule has 3 aromatic rings. The number of aromatic nitrogens is 2. The van der Waals surface area contributed by atoms with Crippen molar-refractivity contribution in [2.45, 2.75) is 23.5 Å². The van der Waals surface area contributed by atoms with Gasteiger partial charge < -0.3 is 13.9 Å². The second-order valence-corrected chi connectivity index (χ2v) is 8.11. The summed E-state index contributed by atoms with van der Waals surface area (Å²) in [5.74, 6) is 0. The summed E-state index contributed by atoms with van der Waals surface area (Å²) in [4.78, 5) is 9.69. The van der Waals surface area contributed by atoms with Crippen LogP contribution in [0.4, 0.5) is 19.2 Å². The molecule has 1 N–H and O–H groups in total. The van der Waals surface area contributed by atoms with E-state index in [2.05, 4.69) is 14.7 Å². The van der Waals surface area contributed by atoms with Gasteiger partial charge in [0.2, 0.25) is 5.65 Å². The number of fused-ring (bicyclic) bond motifs is 1. The summed E-state index contributed by atoms with van der Waals surface area (Å²) in [5, 5.41) is 0. The lowest BCUT2D eigenvalue weighted by Gasteiger charge is -2.20. The maximum absolute atomic E-state index is 12.8. The zero-order valence-corrected chi connectivity index (χ0v) is 15.2. The molecule has 4 rings (SSSR count). The van der Waals surface area contributed by atoms with Crippen molar-refractivity contribution in [3.63, 3.8) is 0 Å². The van der Waals surface area contributed by atoms with E-state index >= 15 is 0 Å². The Hall–Kier alpha value is -2.50. The molecule has 1 aliphatic heterocycles. The minimum absolute atomic E-state index is 0.283. The van der Waals surface area contributed by atoms with E-state index in [1.807, 2.05) is 0 Å². The third kappa shape index (κ3) is 3.73. The fourth-order valence-corrected chi connectivity index (χ4v) is 4.36. The summed E-state index contributed by atoms with van der Waals surface area (Å²) in [6.45, 7) is 0.771. The first-order chi connectivity index (χ1) is 13.2. The molecule has 1 saturated heterocycles. The monoisotopic (exact) mass is 412 g/mol. The SMILES string of the molecule is O=[S+]([O-])(NC1CCN(c2nc3ncccc3o2)C1)c1cccc(C(F)(F)F)c1. The zero-order chi connectivity index (χ0) is 19.9. The van der Waals surface area contributed by atoms with Crippen molar-refractivity contribution in [3.05, 3.63) is 48.2 Å². The molecule has 2 aromatic heterocycles. The lowest BCUT2D eigenvalue weighted by Crippen LogP contribution is -2.41. The number of oxazole rings is 1. The van der Waals surface area contributed by atoms with Gasteiger partial charge in [0.15, 0.2) is 20.9 Å². The Morgan fingerprint density at radius 3 is 2.86 bits per heavy atom. The number of nitrogens with zero attached hydrogens (tertiary/aromatic N) is 3. The van der Waals surface area contributed by atoms with Crippen molar-refractivity contribution < 1.29 is 26.4 Å². The van der Waals surface area contributed by atoms with Gasteiger partial charge >= 0.3 is 6.18 Å². The van der Waals surface area contributed by atoms with Crippen LogP contribution < -0.4 is 9.62 Å². The van der Waals surface area contributed by atoms with Crippen molar-refractivity contribution in [1.82, 2.24) is 14.7 Å². The molecule has 0 amide bonds. The molecule has 3 heterocycles. The molecular formula is C17H15F3N4O3S. The molecule has 0 bridgehead atoms. The number of alkyl halides is 3. The lowest BCUT2D eigenvalue weighted by atomic mass is 10.2. The first-order valence-electron chi connectivity index (χ1n) is 8.38. The Kier molecular flexibility index (Phi) is 4.60. The molecule has 0 spiro atoms. The topological polar surface area (TPSA) is 94.3 Å². The molecule has 11 heteroatoms. The largest absolute Gasteiger partial charge is 0.593 e. The molecule has 2 atom stereocenters. The Labute approximate surface area is 159 Å². The molecule has 148 valence electrons. The van der Waals surface area contributed by atoms with Gasteiger partial charge in [0.1, 0.15) is 0 Å². The van der Waals surface area contributed by atoms with E-state index < -0.39 is 33.1 Å². The third-order valence-electron chi connectivity index (χ3n) is 4.41. The van der Waals surface area contributed by atoms with Gasteiger partial charge in [-0.05, 0) is 30.7 Å². The zero-order valence-electron chi connectivity index (χ0n) is 14.3. The van der Waals surface area contributed by atoms with E-state index in [0.29, 0.717) is 36.3 Å². The van der Waals surface area contributed by atoms with Gasteiger partial charge in [0.05, 0.1) is 11.6 Å². The highest BCUT2D eigenvalue weighted by Gasteiger charge is 2.35. The number of hydrogen-bond acceptors (Lipinski definition) is 6. The quantitative estimate of drug-likeness (QED) is 0.662. The van der Waals surface area contributed by atoms with Gasteiger partial charge in [-0.2, -0.15) is 18.2 Å². The van der Waals surface area contributed by atoms with E-state index in [-0.39, 0.29) is 6.54 Å². The van der Waals surface area contributed by atoms with Crippen molar-refractivity contribution in [2.24, 2.45) is 0 Å². The second-order valence-electron chi connectivity index (χ2n) is 6.40. The summed E-state index contributed by atoms with van der Waals surface area (Å²) in [6.07, 6.45) is -2.56. The molecule has 1 fully saturated rings. The number of hydrogen-bond donors (Lipinski definition) is 1. The highest BCUT2D eigenvalue weighted by atomic mass is 32.3. The number of pyridine rings is 1. The average Bonchev–Trinajstić information content (AvgIpc) is 3.27. The molecule has 1 aromatic carbocycles. The molecule has 1 aliphatic rings. The van der Waals surface area contributed by atoms with Crippen LogP contribution in [0.3, 0.4) is 0 Å². The summed E-state index contributed by atoms with van der Waals surface area (Å²) >= 11 is 0. The second kappa shape index (κ2) is 6.83. The number of halogens is 3. The molecule has 2 unspecified atom stereocenters. The molecule has 0 radical (unpaired) electrons. The van der Waals surface area contributed by atoms with Gasteiger partial charge in [-0.1, -0.05) is 10.3 Å². The normalized spacial score (nSPS) is 19.9. The smallest absolute Gasteiger partial charge is 0.416 e. The van der Waals surface area contributed by atoms with Crippen molar-refractivity contribution in [3.8, 4) is 0 Å². The predicted molar refractivity (Wildman–Crippen MR) is 94.1 cm³/mol. The molecule has 28 heavy (non-hydrogen) atoms. The Morgan fingerprint density at radius 1 is 1.29 bits per heavy atom.